The first-order valence-electron chi connectivity index (χ1n) is 5.85. The van der Waals surface area contributed by atoms with E-state index in [2.05, 4.69) is 27.3 Å². The molecule has 88 valence electrons. The molecular weight excluding hydrogens is 266 g/mol. The monoisotopic (exact) mass is 283 g/mol. The summed E-state index contributed by atoms with van der Waals surface area (Å²) >= 11 is 3.52. The molecular formula is C13H18BrNO. The molecule has 1 aliphatic heterocycles. The van der Waals surface area contributed by atoms with Crippen molar-refractivity contribution < 1.29 is 5.11 Å². The third-order valence-electron chi connectivity index (χ3n) is 3.27. The van der Waals surface area contributed by atoms with Crippen LogP contribution in [0.15, 0.2) is 16.6 Å². The molecule has 1 fully saturated rings. The van der Waals surface area contributed by atoms with Crippen LogP contribution in [0.1, 0.15) is 24.0 Å². The van der Waals surface area contributed by atoms with Crippen LogP contribution >= 0.6 is 15.9 Å². The number of aromatic hydroxyl groups is 1. The molecule has 0 spiro atoms. The number of aryl methyl sites for hydroxylation is 1. The lowest BCUT2D eigenvalue weighted by Crippen LogP contribution is -2.30. The molecule has 1 unspecified atom stereocenters. The first-order chi connectivity index (χ1) is 7.66. The van der Waals surface area contributed by atoms with E-state index in [1.54, 1.807) is 0 Å². The van der Waals surface area contributed by atoms with Gasteiger partial charge in [0.2, 0.25) is 0 Å². The van der Waals surface area contributed by atoms with Crippen LogP contribution in [-0.2, 0) is 6.42 Å². The summed E-state index contributed by atoms with van der Waals surface area (Å²) in [5.41, 5.74) is 2.15. The van der Waals surface area contributed by atoms with E-state index in [-0.39, 0.29) is 0 Å². The normalized spacial score (nSPS) is 21.0. The van der Waals surface area contributed by atoms with E-state index in [4.69, 9.17) is 0 Å². The highest BCUT2D eigenvalue weighted by atomic mass is 79.9. The van der Waals surface area contributed by atoms with Gasteiger partial charge in [-0.1, -0.05) is 15.9 Å². The van der Waals surface area contributed by atoms with Crippen LogP contribution < -0.4 is 5.32 Å². The fourth-order valence-electron chi connectivity index (χ4n) is 2.28. The number of rotatable bonds is 2. The lowest BCUT2D eigenvalue weighted by Gasteiger charge is -2.23. The van der Waals surface area contributed by atoms with Crippen molar-refractivity contribution in [3.8, 4) is 5.75 Å². The number of phenolic OH excluding ortho intramolecular Hbond substituents is 1. The van der Waals surface area contributed by atoms with Crippen molar-refractivity contribution in [3.05, 3.63) is 27.7 Å². The molecule has 0 saturated carbocycles. The number of hydrogen-bond donors (Lipinski definition) is 2. The molecule has 1 aromatic rings. The zero-order chi connectivity index (χ0) is 11.5. The quantitative estimate of drug-likeness (QED) is 0.875. The Labute approximate surface area is 105 Å². The van der Waals surface area contributed by atoms with Crippen LogP contribution in [-0.4, -0.2) is 18.2 Å². The third kappa shape index (κ3) is 2.77. The Hall–Kier alpha value is -0.540. The van der Waals surface area contributed by atoms with Crippen molar-refractivity contribution in [2.45, 2.75) is 26.2 Å². The van der Waals surface area contributed by atoms with Gasteiger partial charge in [0.15, 0.2) is 0 Å². The minimum absolute atomic E-state index is 0.436. The average molecular weight is 284 g/mol. The molecule has 1 atom stereocenters. The molecule has 0 bridgehead atoms. The number of benzene rings is 1. The molecule has 2 nitrogen and oxygen atoms in total. The predicted molar refractivity (Wildman–Crippen MR) is 69.8 cm³/mol. The van der Waals surface area contributed by atoms with E-state index in [9.17, 15) is 5.11 Å². The van der Waals surface area contributed by atoms with Gasteiger partial charge >= 0.3 is 0 Å². The second-order valence-electron chi connectivity index (χ2n) is 4.65. The van der Waals surface area contributed by atoms with Gasteiger partial charge < -0.3 is 10.4 Å². The molecule has 0 aliphatic carbocycles. The Morgan fingerprint density at radius 1 is 1.50 bits per heavy atom. The lowest BCUT2D eigenvalue weighted by atomic mass is 9.91. The van der Waals surface area contributed by atoms with Crippen molar-refractivity contribution in [2.75, 3.05) is 13.1 Å². The maximum atomic E-state index is 9.91. The van der Waals surface area contributed by atoms with Gasteiger partial charge in [-0.15, -0.1) is 0 Å². The summed E-state index contributed by atoms with van der Waals surface area (Å²) in [4.78, 5) is 0. The van der Waals surface area contributed by atoms with E-state index in [1.807, 2.05) is 13.0 Å². The van der Waals surface area contributed by atoms with E-state index in [0.29, 0.717) is 11.7 Å². The summed E-state index contributed by atoms with van der Waals surface area (Å²) in [5, 5.41) is 13.3. The minimum atomic E-state index is 0.436. The molecule has 1 saturated heterocycles. The first-order valence-corrected chi connectivity index (χ1v) is 6.65. The Balaban J connectivity index is 2.11. The van der Waals surface area contributed by atoms with E-state index in [0.717, 1.165) is 35.1 Å². The number of nitrogens with one attached hydrogen (secondary N) is 1. The highest BCUT2D eigenvalue weighted by Gasteiger charge is 2.15. The zero-order valence-electron chi connectivity index (χ0n) is 9.59. The second kappa shape index (κ2) is 5.19. The Kier molecular flexibility index (Phi) is 3.87. The Bertz CT molecular complexity index is 372. The molecule has 2 rings (SSSR count). The largest absolute Gasteiger partial charge is 0.508 e. The van der Waals surface area contributed by atoms with Crippen LogP contribution in [0.3, 0.4) is 0 Å². The molecule has 0 aromatic heterocycles. The maximum Gasteiger partial charge on any atom is 0.119 e. The number of phenols is 1. The predicted octanol–water partition coefficient (Wildman–Crippen LogP) is 3.01. The van der Waals surface area contributed by atoms with Gasteiger partial charge in [0.1, 0.15) is 5.75 Å². The van der Waals surface area contributed by atoms with Crippen molar-refractivity contribution in [1.29, 1.82) is 0 Å². The summed E-state index contributed by atoms with van der Waals surface area (Å²) in [5.74, 6) is 1.10. The van der Waals surface area contributed by atoms with Gasteiger partial charge in [-0.05, 0) is 68.5 Å². The van der Waals surface area contributed by atoms with Gasteiger partial charge in [0.25, 0.3) is 0 Å². The SMILES string of the molecule is Cc1cc(O)c(CC2CCCNC2)cc1Br. The van der Waals surface area contributed by atoms with Gasteiger partial charge in [0, 0.05) is 4.47 Å². The molecule has 16 heavy (non-hydrogen) atoms. The molecule has 0 radical (unpaired) electrons. The van der Waals surface area contributed by atoms with Gasteiger partial charge in [-0.25, -0.2) is 0 Å². The van der Waals surface area contributed by atoms with Crippen LogP contribution in [0, 0.1) is 12.8 Å². The molecule has 0 amide bonds. The van der Waals surface area contributed by atoms with Crippen LogP contribution in [0.25, 0.3) is 0 Å². The maximum absolute atomic E-state index is 9.91. The average Bonchev–Trinajstić information content (AvgIpc) is 2.27. The number of halogens is 1. The fraction of sp³-hybridized carbons (Fsp3) is 0.538. The lowest BCUT2D eigenvalue weighted by molar-refractivity contribution is 0.369. The summed E-state index contributed by atoms with van der Waals surface area (Å²) < 4.78 is 1.09. The van der Waals surface area contributed by atoms with Crippen molar-refractivity contribution in [1.82, 2.24) is 5.32 Å². The summed E-state index contributed by atoms with van der Waals surface area (Å²) in [6.45, 7) is 4.21. The minimum Gasteiger partial charge on any atom is -0.508 e. The molecule has 1 aliphatic rings. The summed E-state index contributed by atoms with van der Waals surface area (Å²) in [6.07, 6.45) is 3.48. The van der Waals surface area contributed by atoms with E-state index < -0.39 is 0 Å². The Morgan fingerprint density at radius 2 is 2.31 bits per heavy atom. The van der Waals surface area contributed by atoms with Crippen LogP contribution in [0.2, 0.25) is 0 Å². The standard InChI is InChI=1S/C13H18BrNO/c1-9-5-13(16)11(7-12(9)14)6-10-3-2-4-15-8-10/h5,7,10,15-16H,2-4,6,8H2,1H3. The summed E-state index contributed by atoms with van der Waals surface area (Å²) in [7, 11) is 0. The number of piperidine rings is 1. The highest BCUT2D eigenvalue weighted by molar-refractivity contribution is 9.10. The smallest absolute Gasteiger partial charge is 0.119 e. The van der Waals surface area contributed by atoms with Gasteiger partial charge in [0.05, 0.1) is 0 Å². The summed E-state index contributed by atoms with van der Waals surface area (Å²) in [6, 6.07) is 3.90. The van der Waals surface area contributed by atoms with Crippen LogP contribution in [0.5, 0.6) is 5.75 Å². The molecule has 2 N–H and O–H groups in total. The van der Waals surface area contributed by atoms with Crippen molar-refractivity contribution in [2.24, 2.45) is 5.92 Å². The fourth-order valence-corrected chi connectivity index (χ4v) is 2.67. The second-order valence-corrected chi connectivity index (χ2v) is 5.50. The zero-order valence-corrected chi connectivity index (χ0v) is 11.2. The van der Waals surface area contributed by atoms with Gasteiger partial charge in [-0.2, -0.15) is 0 Å². The third-order valence-corrected chi connectivity index (χ3v) is 4.12. The van der Waals surface area contributed by atoms with E-state index in [1.165, 1.54) is 12.8 Å². The van der Waals surface area contributed by atoms with Crippen molar-refractivity contribution >= 4 is 15.9 Å². The van der Waals surface area contributed by atoms with Crippen LogP contribution in [0.4, 0.5) is 0 Å². The van der Waals surface area contributed by atoms with E-state index >= 15 is 0 Å². The first kappa shape index (κ1) is 11.9. The van der Waals surface area contributed by atoms with Gasteiger partial charge in [-0.3, -0.25) is 0 Å². The molecule has 1 aromatic carbocycles. The molecule has 3 heteroatoms. The highest BCUT2D eigenvalue weighted by Crippen LogP contribution is 2.29. The van der Waals surface area contributed by atoms with Crippen molar-refractivity contribution in [3.63, 3.8) is 0 Å². The Morgan fingerprint density at radius 3 is 3.00 bits per heavy atom. The molecule has 1 heterocycles. The number of hydrogen-bond acceptors (Lipinski definition) is 2. The topological polar surface area (TPSA) is 32.3 Å².